The molecule has 0 unspecified atom stereocenters. The van der Waals surface area contributed by atoms with Crippen LogP contribution in [0.15, 0.2) is 0 Å². The highest BCUT2D eigenvalue weighted by molar-refractivity contribution is 6.34. The Morgan fingerprint density at radius 1 is 1.23 bits per heavy atom. The molecule has 1 heterocycles. The molecule has 0 N–H and O–H groups in total. The molecule has 1 aliphatic rings. The summed E-state index contributed by atoms with van der Waals surface area (Å²) in [6.07, 6.45) is 2.72. The van der Waals surface area contributed by atoms with Crippen LogP contribution in [0.1, 0.15) is 34.9 Å². The van der Waals surface area contributed by atoms with E-state index in [-0.39, 0.29) is 10.8 Å². The summed E-state index contributed by atoms with van der Waals surface area (Å²) in [5.74, 6) is 0.371. The highest BCUT2D eigenvalue weighted by Gasteiger charge is 2.29. The summed E-state index contributed by atoms with van der Waals surface area (Å²) in [5, 5.41) is 0.391. The minimum Gasteiger partial charge on any atom is -0.296 e. The maximum absolute atomic E-state index is 10.5. The molecule has 1 fully saturated rings. The Kier molecular flexibility index (Phi) is 2.22. The standard InChI is InChI=1S/C8H6Cl2N2O/c9-7-5(3-13)11-6(4-1-2-4)8(10)12-7/h3-4H,1-2H2. The molecule has 3 nitrogen and oxygen atoms in total. The van der Waals surface area contributed by atoms with Crippen LogP contribution in [0.5, 0.6) is 0 Å². The Hall–Kier alpha value is -0.670. The molecule has 5 heteroatoms. The summed E-state index contributed by atoms with van der Waals surface area (Å²) in [7, 11) is 0. The Bertz CT molecular complexity index is 363. The monoisotopic (exact) mass is 216 g/mol. The van der Waals surface area contributed by atoms with Gasteiger partial charge in [-0.3, -0.25) is 4.79 Å². The van der Waals surface area contributed by atoms with Crippen LogP contribution >= 0.6 is 23.2 Å². The van der Waals surface area contributed by atoms with Gasteiger partial charge in [-0.1, -0.05) is 23.2 Å². The second-order valence-electron chi connectivity index (χ2n) is 2.97. The van der Waals surface area contributed by atoms with Crippen molar-refractivity contribution in [2.75, 3.05) is 0 Å². The quantitative estimate of drug-likeness (QED) is 0.714. The molecule has 0 radical (unpaired) electrons. The molecule has 0 saturated heterocycles. The average Bonchev–Trinajstić information content (AvgIpc) is 2.88. The van der Waals surface area contributed by atoms with E-state index < -0.39 is 0 Å². The van der Waals surface area contributed by atoms with Gasteiger partial charge in [0, 0.05) is 5.92 Å². The number of nitrogens with zero attached hydrogens (tertiary/aromatic N) is 2. The Morgan fingerprint density at radius 2 is 1.92 bits per heavy atom. The zero-order chi connectivity index (χ0) is 9.42. The maximum Gasteiger partial charge on any atom is 0.171 e. The van der Waals surface area contributed by atoms with Gasteiger partial charge >= 0.3 is 0 Å². The summed E-state index contributed by atoms with van der Waals surface area (Å²) < 4.78 is 0. The fourth-order valence-corrected chi connectivity index (χ4v) is 1.61. The van der Waals surface area contributed by atoms with Crippen LogP contribution in [0.3, 0.4) is 0 Å². The number of halogens is 2. The van der Waals surface area contributed by atoms with Gasteiger partial charge in [0.25, 0.3) is 0 Å². The van der Waals surface area contributed by atoms with Crippen LogP contribution in [0.2, 0.25) is 10.3 Å². The Balaban J connectivity index is 2.50. The Labute approximate surface area is 85.1 Å². The zero-order valence-electron chi connectivity index (χ0n) is 6.63. The summed E-state index contributed by atoms with van der Waals surface area (Å²) in [6.45, 7) is 0. The highest BCUT2D eigenvalue weighted by atomic mass is 35.5. The molecule has 1 aromatic heterocycles. The molecule has 0 aromatic carbocycles. The van der Waals surface area contributed by atoms with Crippen LogP contribution in [0.25, 0.3) is 0 Å². The van der Waals surface area contributed by atoms with Gasteiger partial charge in [-0.25, -0.2) is 9.97 Å². The second kappa shape index (κ2) is 3.24. The molecule has 2 rings (SSSR count). The minimum absolute atomic E-state index is 0.0735. The summed E-state index contributed by atoms with van der Waals surface area (Å²) in [5.41, 5.74) is 0.876. The van der Waals surface area contributed by atoms with Gasteiger partial charge in [0.2, 0.25) is 0 Å². The molecule has 1 saturated carbocycles. The van der Waals surface area contributed by atoms with E-state index in [1.54, 1.807) is 0 Å². The van der Waals surface area contributed by atoms with Crippen LogP contribution in [-0.2, 0) is 0 Å². The van der Waals surface area contributed by atoms with E-state index in [0.717, 1.165) is 12.8 Å². The van der Waals surface area contributed by atoms with Crippen molar-refractivity contribution < 1.29 is 4.79 Å². The summed E-state index contributed by atoms with van der Waals surface area (Å²) in [4.78, 5) is 18.4. The number of aldehydes is 1. The molecule has 1 aromatic rings. The second-order valence-corrected chi connectivity index (χ2v) is 3.68. The first-order valence-electron chi connectivity index (χ1n) is 3.90. The molecule has 0 spiro atoms. The fraction of sp³-hybridized carbons (Fsp3) is 0.375. The van der Waals surface area contributed by atoms with Gasteiger partial charge in [0.1, 0.15) is 5.69 Å². The van der Waals surface area contributed by atoms with E-state index in [0.29, 0.717) is 23.1 Å². The fourth-order valence-electron chi connectivity index (χ4n) is 1.11. The molecule has 68 valence electrons. The number of hydrogen-bond acceptors (Lipinski definition) is 3. The third-order valence-electron chi connectivity index (χ3n) is 1.94. The molecule has 0 atom stereocenters. The van der Waals surface area contributed by atoms with Crippen molar-refractivity contribution in [1.82, 2.24) is 9.97 Å². The van der Waals surface area contributed by atoms with E-state index in [1.165, 1.54) is 0 Å². The van der Waals surface area contributed by atoms with E-state index in [1.807, 2.05) is 0 Å². The smallest absolute Gasteiger partial charge is 0.171 e. The third-order valence-corrected chi connectivity index (χ3v) is 2.49. The van der Waals surface area contributed by atoms with E-state index >= 15 is 0 Å². The van der Waals surface area contributed by atoms with E-state index in [4.69, 9.17) is 23.2 Å². The van der Waals surface area contributed by atoms with Crippen LogP contribution in [-0.4, -0.2) is 16.3 Å². The lowest BCUT2D eigenvalue weighted by atomic mass is 10.3. The lowest BCUT2D eigenvalue weighted by Gasteiger charge is -2.02. The van der Waals surface area contributed by atoms with Gasteiger partial charge in [0.05, 0.1) is 5.69 Å². The van der Waals surface area contributed by atoms with E-state index in [2.05, 4.69) is 9.97 Å². The first kappa shape index (κ1) is 8.91. The number of hydrogen-bond donors (Lipinski definition) is 0. The summed E-state index contributed by atoms with van der Waals surface area (Å²) in [6, 6.07) is 0. The predicted molar refractivity (Wildman–Crippen MR) is 49.4 cm³/mol. The number of rotatable bonds is 2. The van der Waals surface area contributed by atoms with Crippen molar-refractivity contribution in [3.8, 4) is 0 Å². The highest BCUT2D eigenvalue weighted by Crippen LogP contribution is 2.41. The molecular formula is C8H6Cl2N2O. The first-order valence-corrected chi connectivity index (χ1v) is 4.66. The molecule has 0 aliphatic heterocycles. The third kappa shape index (κ3) is 1.67. The predicted octanol–water partition coefficient (Wildman–Crippen LogP) is 2.47. The van der Waals surface area contributed by atoms with Crippen molar-refractivity contribution in [2.24, 2.45) is 0 Å². The number of aromatic nitrogens is 2. The van der Waals surface area contributed by atoms with Crippen molar-refractivity contribution >= 4 is 29.5 Å². The minimum atomic E-state index is 0.0735. The van der Waals surface area contributed by atoms with Crippen LogP contribution in [0, 0.1) is 0 Å². The molecule has 0 amide bonds. The van der Waals surface area contributed by atoms with Gasteiger partial charge in [-0.15, -0.1) is 0 Å². The SMILES string of the molecule is O=Cc1nc(C2CC2)c(Cl)nc1Cl. The van der Waals surface area contributed by atoms with Gasteiger partial charge < -0.3 is 0 Å². The lowest BCUT2D eigenvalue weighted by Crippen LogP contribution is -1.98. The Morgan fingerprint density at radius 3 is 2.46 bits per heavy atom. The first-order chi connectivity index (χ1) is 6.22. The van der Waals surface area contributed by atoms with Crippen molar-refractivity contribution in [1.29, 1.82) is 0 Å². The van der Waals surface area contributed by atoms with Gasteiger partial charge in [-0.2, -0.15) is 0 Å². The van der Waals surface area contributed by atoms with Gasteiger partial charge in [-0.05, 0) is 12.8 Å². The lowest BCUT2D eigenvalue weighted by molar-refractivity contribution is 0.111. The molecule has 13 heavy (non-hydrogen) atoms. The maximum atomic E-state index is 10.5. The van der Waals surface area contributed by atoms with Crippen LogP contribution in [0.4, 0.5) is 0 Å². The van der Waals surface area contributed by atoms with Crippen molar-refractivity contribution in [3.05, 3.63) is 21.7 Å². The zero-order valence-corrected chi connectivity index (χ0v) is 8.14. The average molecular weight is 217 g/mol. The topological polar surface area (TPSA) is 42.9 Å². The number of carbonyl (C=O) groups excluding carboxylic acids is 1. The largest absolute Gasteiger partial charge is 0.296 e. The normalized spacial score (nSPS) is 15.8. The van der Waals surface area contributed by atoms with Crippen molar-refractivity contribution in [2.45, 2.75) is 18.8 Å². The van der Waals surface area contributed by atoms with Gasteiger partial charge in [0.15, 0.2) is 16.6 Å². The molecule has 0 bridgehead atoms. The van der Waals surface area contributed by atoms with Crippen molar-refractivity contribution in [3.63, 3.8) is 0 Å². The van der Waals surface area contributed by atoms with E-state index in [9.17, 15) is 4.79 Å². The number of carbonyl (C=O) groups is 1. The van der Waals surface area contributed by atoms with Crippen LogP contribution < -0.4 is 0 Å². The molecular weight excluding hydrogens is 211 g/mol. The summed E-state index contributed by atoms with van der Waals surface area (Å²) >= 11 is 11.5. The molecule has 1 aliphatic carbocycles.